The molecule has 0 aromatic heterocycles. The second-order valence-electron chi connectivity index (χ2n) is 4.98. The lowest BCUT2D eigenvalue weighted by atomic mass is 10.0. The fraction of sp³-hybridized carbons (Fsp3) is 0.571. The number of halogens is 3. The van der Waals surface area contributed by atoms with Gasteiger partial charge in [0.15, 0.2) is 11.5 Å². The van der Waals surface area contributed by atoms with Crippen LogP contribution in [-0.2, 0) is 0 Å². The summed E-state index contributed by atoms with van der Waals surface area (Å²) in [7, 11) is 1.40. The summed E-state index contributed by atoms with van der Waals surface area (Å²) in [5.74, 6) is 0.0333. The minimum absolute atomic E-state index is 0.110. The minimum atomic E-state index is -2.41. The molecule has 0 amide bonds. The first-order chi connectivity index (χ1) is 10.0. The summed E-state index contributed by atoms with van der Waals surface area (Å²) in [4.78, 5) is 2.00. The van der Waals surface area contributed by atoms with Gasteiger partial charge in [0.1, 0.15) is 0 Å². The first-order valence-corrected chi connectivity index (χ1v) is 7.20. The number of nitrogens with zero attached hydrogens (tertiary/aromatic N) is 1. The Kier molecular flexibility index (Phi) is 5.61. The lowest BCUT2D eigenvalue weighted by molar-refractivity contribution is 0.0738. The third-order valence-electron chi connectivity index (χ3n) is 3.65. The normalized spacial score (nSPS) is 18.0. The molecule has 0 spiro atoms. The van der Waals surface area contributed by atoms with Crippen molar-refractivity contribution in [3.8, 4) is 11.5 Å². The van der Waals surface area contributed by atoms with E-state index in [1.54, 1.807) is 6.07 Å². The van der Waals surface area contributed by atoms with Crippen molar-refractivity contribution in [3.05, 3.63) is 22.7 Å². The molecule has 1 saturated heterocycles. The Balaban J connectivity index is 2.33. The summed E-state index contributed by atoms with van der Waals surface area (Å²) in [6.07, 6.45) is -2.69. The molecule has 1 atom stereocenters. The lowest BCUT2D eigenvalue weighted by Gasteiger charge is -2.35. The molecule has 0 bridgehead atoms. The number of nitrogens with one attached hydrogen (secondary N) is 1. The van der Waals surface area contributed by atoms with Crippen LogP contribution in [0.2, 0.25) is 5.02 Å². The van der Waals surface area contributed by atoms with Crippen molar-refractivity contribution in [2.75, 3.05) is 33.3 Å². The van der Waals surface area contributed by atoms with Crippen molar-refractivity contribution < 1.29 is 18.6 Å². The average molecular weight is 321 g/mol. The largest absolute Gasteiger partial charge is 0.503 e. The van der Waals surface area contributed by atoms with Gasteiger partial charge in [0.25, 0.3) is 0 Å². The smallest absolute Gasteiger partial charge is 0.240 e. The molecule has 2 rings (SSSR count). The first-order valence-electron chi connectivity index (χ1n) is 6.82. The number of piperazine rings is 1. The van der Waals surface area contributed by atoms with Crippen molar-refractivity contribution in [3.63, 3.8) is 0 Å². The summed E-state index contributed by atoms with van der Waals surface area (Å²) in [6, 6.07) is 2.67. The van der Waals surface area contributed by atoms with Crippen molar-refractivity contribution >= 4 is 11.6 Å². The van der Waals surface area contributed by atoms with E-state index in [1.165, 1.54) is 13.2 Å². The third-order valence-corrected chi connectivity index (χ3v) is 3.94. The third kappa shape index (κ3) is 3.96. The molecule has 0 radical (unpaired) electrons. The average Bonchev–Trinajstić information content (AvgIpc) is 2.48. The quantitative estimate of drug-likeness (QED) is 0.875. The Morgan fingerprint density at radius 3 is 2.62 bits per heavy atom. The molecule has 1 aliphatic rings. The molecule has 1 aromatic carbocycles. The van der Waals surface area contributed by atoms with Gasteiger partial charge in [-0.2, -0.15) is 0 Å². The van der Waals surface area contributed by atoms with Crippen LogP contribution >= 0.6 is 11.6 Å². The second kappa shape index (κ2) is 7.24. The molecule has 1 heterocycles. The highest BCUT2D eigenvalue weighted by Crippen LogP contribution is 2.39. The number of alkyl halides is 2. The Morgan fingerprint density at radius 1 is 1.38 bits per heavy atom. The van der Waals surface area contributed by atoms with E-state index >= 15 is 0 Å². The second-order valence-corrected chi connectivity index (χ2v) is 5.39. The van der Waals surface area contributed by atoms with E-state index in [-0.39, 0.29) is 22.9 Å². The van der Waals surface area contributed by atoms with Gasteiger partial charge in [-0.05, 0) is 17.7 Å². The number of ether oxygens (including phenoxy) is 1. The number of methoxy groups -OCH3 is 1. The highest BCUT2D eigenvalue weighted by molar-refractivity contribution is 6.32. The maximum atomic E-state index is 12.9. The van der Waals surface area contributed by atoms with E-state index in [4.69, 9.17) is 16.3 Å². The van der Waals surface area contributed by atoms with E-state index in [1.807, 2.05) is 4.90 Å². The van der Waals surface area contributed by atoms with Crippen LogP contribution in [0.5, 0.6) is 11.5 Å². The maximum Gasteiger partial charge on any atom is 0.240 e. The fourth-order valence-corrected chi connectivity index (χ4v) is 2.82. The van der Waals surface area contributed by atoms with Crippen molar-refractivity contribution in [1.82, 2.24) is 10.2 Å². The van der Waals surface area contributed by atoms with Crippen LogP contribution in [0, 0.1) is 0 Å². The maximum absolute atomic E-state index is 12.9. The number of phenols is 1. The number of aromatic hydroxyl groups is 1. The fourth-order valence-electron chi connectivity index (χ4n) is 2.60. The van der Waals surface area contributed by atoms with Crippen LogP contribution in [0.15, 0.2) is 12.1 Å². The number of hydrogen-bond acceptors (Lipinski definition) is 4. The topological polar surface area (TPSA) is 44.7 Å². The number of rotatable bonds is 5. The van der Waals surface area contributed by atoms with Crippen LogP contribution in [-0.4, -0.2) is 49.7 Å². The highest BCUT2D eigenvalue weighted by Gasteiger charge is 2.27. The standard InChI is InChI=1S/C14H19ClF2N2O2/c1-21-12-7-9(6-10(15)14(12)20)11(8-13(16)17)19-4-2-18-3-5-19/h6-7,11,13,18,20H,2-5,8H2,1H3/t11-/m1/s1. The van der Waals surface area contributed by atoms with Crippen molar-refractivity contribution in [1.29, 1.82) is 0 Å². The lowest BCUT2D eigenvalue weighted by Crippen LogP contribution is -2.45. The monoisotopic (exact) mass is 320 g/mol. The zero-order valence-electron chi connectivity index (χ0n) is 11.8. The Bertz CT molecular complexity index is 482. The zero-order valence-corrected chi connectivity index (χ0v) is 12.5. The van der Waals surface area contributed by atoms with Crippen molar-refractivity contribution in [2.24, 2.45) is 0 Å². The summed E-state index contributed by atoms with van der Waals surface area (Å²) < 4.78 is 30.9. The molecule has 7 heteroatoms. The molecule has 0 aliphatic carbocycles. The molecular formula is C14H19ClF2N2O2. The predicted molar refractivity (Wildman–Crippen MR) is 77.5 cm³/mol. The molecule has 1 fully saturated rings. The summed E-state index contributed by atoms with van der Waals surface area (Å²) >= 11 is 5.97. The van der Waals surface area contributed by atoms with Gasteiger partial charge >= 0.3 is 0 Å². The molecule has 4 nitrogen and oxygen atoms in total. The van der Waals surface area contributed by atoms with Gasteiger partial charge in [0, 0.05) is 38.6 Å². The van der Waals surface area contributed by atoms with Crippen LogP contribution in [0.1, 0.15) is 18.0 Å². The molecule has 21 heavy (non-hydrogen) atoms. The van der Waals surface area contributed by atoms with E-state index in [0.29, 0.717) is 18.7 Å². The van der Waals surface area contributed by atoms with Gasteiger partial charge in [-0.25, -0.2) is 8.78 Å². The summed E-state index contributed by atoms with van der Waals surface area (Å²) in [6.45, 7) is 2.92. The van der Waals surface area contributed by atoms with Gasteiger partial charge in [-0.1, -0.05) is 11.6 Å². The van der Waals surface area contributed by atoms with E-state index in [0.717, 1.165) is 13.1 Å². The first kappa shape index (κ1) is 16.3. The zero-order chi connectivity index (χ0) is 15.4. The molecular weight excluding hydrogens is 302 g/mol. The highest BCUT2D eigenvalue weighted by atomic mass is 35.5. The van der Waals surface area contributed by atoms with Gasteiger partial charge in [0.2, 0.25) is 6.43 Å². The minimum Gasteiger partial charge on any atom is -0.503 e. The number of benzene rings is 1. The Morgan fingerprint density at radius 2 is 2.05 bits per heavy atom. The van der Waals surface area contributed by atoms with Gasteiger partial charge in [0.05, 0.1) is 12.1 Å². The van der Waals surface area contributed by atoms with Crippen LogP contribution in [0.3, 0.4) is 0 Å². The SMILES string of the molecule is COc1cc([C@@H](CC(F)F)N2CCNCC2)cc(Cl)c1O. The Hall–Kier alpha value is -1.11. The Labute approximate surface area is 127 Å². The number of hydrogen-bond donors (Lipinski definition) is 2. The van der Waals surface area contributed by atoms with E-state index < -0.39 is 12.5 Å². The molecule has 118 valence electrons. The molecule has 2 N–H and O–H groups in total. The van der Waals surface area contributed by atoms with Crippen LogP contribution < -0.4 is 10.1 Å². The molecule has 0 unspecified atom stereocenters. The molecule has 0 saturated carbocycles. The van der Waals surface area contributed by atoms with Gasteiger partial charge in [-0.15, -0.1) is 0 Å². The molecule has 1 aliphatic heterocycles. The summed E-state index contributed by atoms with van der Waals surface area (Å²) in [5.41, 5.74) is 0.636. The van der Waals surface area contributed by atoms with Crippen molar-refractivity contribution in [2.45, 2.75) is 18.9 Å². The van der Waals surface area contributed by atoms with Gasteiger partial charge < -0.3 is 15.2 Å². The van der Waals surface area contributed by atoms with Crippen LogP contribution in [0.4, 0.5) is 8.78 Å². The summed E-state index contributed by atoms with van der Waals surface area (Å²) in [5, 5.41) is 13.1. The van der Waals surface area contributed by atoms with E-state index in [9.17, 15) is 13.9 Å². The van der Waals surface area contributed by atoms with E-state index in [2.05, 4.69) is 5.32 Å². The van der Waals surface area contributed by atoms with Gasteiger partial charge in [-0.3, -0.25) is 4.90 Å². The molecule has 1 aromatic rings. The predicted octanol–water partition coefficient (Wildman–Crippen LogP) is 2.66. The number of phenolic OH excluding ortho intramolecular Hbond substituents is 1. The van der Waals surface area contributed by atoms with Crippen LogP contribution in [0.25, 0.3) is 0 Å².